The Morgan fingerprint density at radius 3 is 2.62 bits per heavy atom. The smallest absolute Gasteiger partial charge is 0.125 e. The summed E-state index contributed by atoms with van der Waals surface area (Å²) in [6, 6.07) is 14.4. The summed E-state index contributed by atoms with van der Waals surface area (Å²) in [6.07, 6.45) is 2.83. The molecule has 1 aromatic carbocycles. The van der Waals surface area contributed by atoms with Crippen molar-refractivity contribution in [3.05, 3.63) is 59.8 Å². The number of nitrogens with one attached hydrogen (secondary N) is 1. The molecule has 0 saturated carbocycles. The van der Waals surface area contributed by atoms with E-state index in [1.807, 2.05) is 18.2 Å². The van der Waals surface area contributed by atoms with E-state index in [1.165, 1.54) is 11.1 Å². The third-order valence-corrected chi connectivity index (χ3v) is 2.63. The molecule has 0 atom stereocenters. The molecule has 0 saturated heterocycles. The minimum atomic E-state index is 0.919. The second-order valence-corrected chi connectivity index (χ2v) is 3.82. The van der Waals surface area contributed by atoms with Gasteiger partial charge in [-0.2, -0.15) is 0 Å². The van der Waals surface area contributed by atoms with E-state index in [2.05, 4.69) is 41.5 Å². The molecule has 1 N–H and O–H groups in total. The molecule has 1 heterocycles. The molecule has 2 heteroatoms. The highest BCUT2D eigenvalue weighted by Gasteiger charge is 1.96. The SMILES string of the molecule is Cc1ccccc1CCNc1ccccn1. The number of rotatable bonds is 4. The average Bonchev–Trinajstić information content (AvgIpc) is 2.33. The van der Waals surface area contributed by atoms with Crippen molar-refractivity contribution in [2.75, 3.05) is 11.9 Å². The predicted octanol–water partition coefficient (Wildman–Crippen LogP) is 3.04. The van der Waals surface area contributed by atoms with Crippen LogP contribution in [0.5, 0.6) is 0 Å². The van der Waals surface area contributed by atoms with Gasteiger partial charge in [-0.15, -0.1) is 0 Å². The highest BCUT2D eigenvalue weighted by Crippen LogP contribution is 2.08. The Balaban J connectivity index is 1.87. The monoisotopic (exact) mass is 212 g/mol. The fourth-order valence-electron chi connectivity index (χ4n) is 1.68. The zero-order valence-corrected chi connectivity index (χ0v) is 9.48. The van der Waals surface area contributed by atoms with Gasteiger partial charge in [0.1, 0.15) is 5.82 Å². The van der Waals surface area contributed by atoms with E-state index in [4.69, 9.17) is 0 Å². The molecule has 0 aliphatic heterocycles. The molecule has 16 heavy (non-hydrogen) atoms. The molecular weight excluding hydrogens is 196 g/mol. The van der Waals surface area contributed by atoms with E-state index in [0.29, 0.717) is 0 Å². The van der Waals surface area contributed by atoms with E-state index < -0.39 is 0 Å². The number of hydrogen-bond acceptors (Lipinski definition) is 2. The van der Waals surface area contributed by atoms with Crippen LogP contribution in [0.15, 0.2) is 48.7 Å². The second-order valence-electron chi connectivity index (χ2n) is 3.82. The van der Waals surface area contributed by atoms with Crippen LogP contribution < -0.4 is 5.32 Å². The van der Waals surface area contributed by atoms with Crippen molar-refractivity contribution in [3.8, 4) is 0 Å². The summed E-state index contributed by atoms with van der Waals surface area (Å²) < 4.78 is 0. The molecule has 1 aromatic heterocycles. The summed E-state index contributed by atoms with van der Waals surface area (Å²) >= 11 is 0. The van der Waals surface area contributed by atoms with Gasteiger partial charge in [-0.25, -0.2) is 4.98 Å². The Labute approximate surface area is 96.4 Å². The number of anilines is 1. The highest BCUT2D eigenvalue weighted by atomic mass is 15.0. The van der Waals surface area contributed by atoms with Gasteiger partial charge in [-0.05, 0) is 36.6 Å². The van der Waals surface area contributed by atoms with Crippen molar-refractivity contribution in [3.63, 3.8) is 0 Å². The maximum Gasteiger partial charge on any atom is 0.125 e. The van der Waals surface area contributed by atoms with Gasteiger partial charge in [0.25, 0.3) is 0 Å². The first-order chi connectivity index (χ1) is 7.86. The summed E-state index contributed by atoms with van der Waals surface area (Å²) in [4.78, 5) is 4.22. The van der Waals surface area contributed by atoms with E-state index >= 15 is 0 Å². The van der Waals surface area contributed by atoms with Crippen LogP contribution in [0.4, 0.5) is 5.82 Å². The van der Waals surface area contributed by atoms with E-state index in [9.17, 15) is 0 Å². The third-order valence-electron chi connectivity index (χ3n) is 2.63. The largest absolute Gasteiger partial charge is 0.370 e. The number of aromatic nitrogens is 1. The fourth-order valence-corrected chi connectivity index (χ4v) is 1.68. The molecule has 82 valence electrons. The molecule has 0 radical (unpaired) electrons. The van der Waals surface area contributed by atoms with Crippen LogP contribution in [0.2, 0.25) is 0 Å². The normalized spacial score (nSPS) is 10.1. The number of nitrogens with zero attached hydrogens (tertiary/aromatic N) is 1. The highest BCUT2D eigenvalue weighted by molar-refractivity contribution is 5.34. The minimum Gasteiger partial charge on any atom is -0.370 e. The molecule has 0 aliphatic rings. The fraction of sp³-hybridized carbons (Fsp3) is 0.214. The van der Waals surface area contributed by atoms with Gasteiger partial charge in [0.15, 0.2) is 0 Å². The molecule has 0 unspecified atom stereocenters. The summed E-state index contributed by atoms with van der Waals surface area (Å²) in [5.74, 6) is 0.941. The average molecular weight is 212 g/mol. The van der Waals surface area contributed by atoms with Crippen molar-refractivity contribution in [2.45, 2.75) is 13.3 Å². The van der Waals surface area contributed by atoms with Gasteiger partial charge in [0, 0.05) is 12.7 Å². The van der Waals surface area contributed by atoms with Crippen molar-refractivity contribution < 1.29 is 0 Å². The Kier molecular flexibility index (Phi) is 3.54. The van der Waals surface area contributed by atoms with Crippen LogP contribution in [-0.2, 0) is 6.42 Å². The molecular formula is C14H16N2. The summed E-state index contributed by atoms with van der Waals surface area (Å²) in [5.41, 5.74) is 2.75. The number of benzene rings is 1. The molecule has 2 nitrogen and oxygen atoms in total. The van der Waals surface area contributed by atoms with Crippen LogP contribution >= 0.6 is 0 Å². The Morgan fingerprint density at radius 2 is 1.88 bits per heavy atom. The van der Waals surface area contributed by atoms with E-state index in [-0.39, 0.29) is 0 Å². The van der Waals surface area contributed by atoms with Gasteiger partial charge >= 0.3 is 0 Å². The van der Waals surface area contributed by atoms with Crippen molar-refractivity contribution in [2.24, 2.45) is 0 Å². The van der Waals surface area contributed by atoms with Gasteiger partial charge in [-0.1, -0.05) is 30.3 Å². The first-order valence-corrected chi connectivity index (χ1v) is 5.55. The maximum atomic E-state index is 4.22. The molecule has 0 bridgehead atoms. The third kappa shape index (κ3) is 2.83. The lowest BCUT2D eigenvalue weighted by molar-refractivity contribution is 0.994. The Morgan fingerprint density at radius 1 is 1.06 bits per heavy atom. The summed E-state index contributed by atoms with van der Waals surface area (Å²) in [6.45, 7) is 3.07. The zero-order chi connectivity index (χ0) is 11.2. The van der Waals surface area contributed by atoms with Gasteiger partial charge < -0.3 is 5.32 Å². The topological polar surface area (TPSA) is 24.9 Å². The van der Waals surface area contributed by atoms with Gasteiger partial charge in [0.2, 0.25) is 0 Å². The predicted molar refractivity (Wildman–Crippen MR) is 67.6 cm³/mol. The summed E-state index contributed by atoms with van der Waals surface area (Å²) in [7, 11) is 0. The lowest BCUT2D eigenvalue weighted by atomic mass is 10.1. The molecule has 0 amide bonds. The van der Waals surface area contributed by atoms with Crippen LogP contribution in [0, 0.1) is 6.92 Å². The molecule has 0 aliphatic carbocycles. The number of pyridine rings is 1. The lowest BCUT2D eigenvalue weighted by Crippen LogP contribution is -2.06. The van der Waals surface area contributed by atoms with E-state index in [1.54, 1.807) is 6.20 Å². The molecule has 2 rings (SSSR count). The first kappa shape index (κ1) is 10.7. The number of hydrogen-bond donors (Lipinski definition) is 1. The Bertz CT molecular complexity index is 437. The minimum absolute atomic E-state index is 0.919. The standard InChI is InChI=1S/C14H16N2/c1-12-6-2-3-7-13(12)9-11-16-14-8-4-5-10-15-14/h2-8,10H,9,11H2,1H3,(H,15,16). The van der Waals surface area contributed by atoms with Crippen molar-refractivity contribution in [1.29, 1.82) is 0 Å². The van der Waals surface area contributed by atoms with Crippen molar-refractivity contribution >= 4 is 5.82 Å². The molecule has 2 aromatic rings. The Hall–Kier alpha value is -1.83. The quantitative estimate of drug-likeness (QED) is 0.842. The maximum absolute atomic E-state index is 4.22. The van der Waals surface area contributed by atoms with Crippen LogP contribution in [0.1, 0.15) is 11.1 Å². The number of aryl methyl sites for hydroxylation is 1. The molecule has 0 fully saturated rings. The van der Waals surface area contributed by atoms with Crippen LogP contribution in [0.25, 0.3) is 0 Å². The molecule has 0 spiro atoms. The second kappa shape index (κ2) is 5.31. The lowest BCUT2D eigenvalue weighted by Gasteiger charge is -2.07. The summed E-state index contributed by atoms with van der Waals surface area (Å²) in [5, 5.41) is 3.31. The zero-order valence-electron chi connectivity index (χ0n) is 9.48. The van der Waals surface area contributed by atoms with Gasteiger partial charge in [0.05, 0.1) is 0 Å². The van der Waals surface area contributed by atoms with Crippen LogP contribution in [0.3, 0.4) is 0 Å². The van der Waals surface area contributed by atoms with E-state index in [0.717, 1.165) is 18.8 Å². The van der Waals surface area contributed by atoms with Gasteiger partial charge in [-0.3, -0.25) is 0 Å². The first-order valence-electron chi connectivity index (χ1n) is 5.55. The van der Waals surface area contributed by atoms with Crippen molar-refractivity contribution in [1.82, 2.24) is 4.98 Å². The van der Waals surface area contributed by atoms with Crippen LogP contribution in [-0.4, -0.2) is 11.5 Å².